The molecule has 1 rings (SSSR count). The van der Waals surface area contributed by atoms with E-state index in [2.05, 4.69) is 36.7 Å². The number of hydrogen-bond donors (Lipinski definition) is 0. The van der Waals surface area contributed by atoms with Gasteiger partial charge >= 0.3 is 0 Å². The average molecular weight is 300 g/mol. The molecule has 0 saturated heterocycles. The molecular formula is C13H18BrNO2. The molecule has 0 aliphatic heterocycles. The number of halogens is 1. The second-order valence-electron chi connectivity index (χ2n) is 4.72. The lowest BCUT2D eigenvalue weighted by molar-refractivity contribution is -0.384. The standard InChI is InChI=1S/C13H18BrNO2/c1-9(2)13(10(3)14)8-11-5-4-6-12(7-11)15(16)17/h4-7,9-10,13H,8H2,1-3H3. The van der Waals surface area contributed by atoms with Gasteiger partial charge in [-0.3, -0.25) is 10.1 Å². The number of non-ortho nitro benzene ring substituents is 1. The van der Waals surface area contributed by atoms with Crippen LogP contribution in [0.15, 0.2) is 24.3 Å². The second-order valence-corrected chi connectivity index (χ2v) is 6.16. The number of alkyl halides is 1. The van der Waals surface area contributed by atoms with Crippen LogP contribution in [-0.2, 0) is 6.42 Å². The van der Waals surface area contributed by atoms with Crippen LogP contribution in [-0.4, -0.2) is 9.75 Å². The summed E-state index contributed by atoms with van der Waals surface area (Å²) in [5.41, 5.74) is 1.21. The van der Waals surface area contributed by atoms with E-state index in [1.807, 2.05) is 6.07 Å². The maximum absolute atomic E-state index is 10.7. The Bertz CT molecular complexity index is 383. The highest BCUT2D eigenvalue weighted by Crippen LogP contribution is 2.26. The smallest absolute Gasteiger partial charge is 0.258 e. The summed E-state index contributed by atoms with van der Waals surface area (Å²) >= 11 is 3.61. The van der Waals surface area contributed by atoms with Crippen molar-refractivity contribution in [3.8, 4) is 0 Å². The van der Waals surface area contributed by atoms with E-state index in [4.69, 9.17) is 0 Å². The monoisotopic (exact) mass is 299 g/mol. The highest BCUT2D eigenvalue weighted by Gasteiger charge is 2.19. The van der Waals surface area contributed by atoms with Crippen molar-refractivity contribution in [1.29, 1.82) is 0 Å². The third-order valence-electron chi connectivity index (χ3n) is 3.04. The van der Waals surface area contributed by atoms with Crippen molar-refractivity contribution < 1.29 is 4.92 Å². The molecule has 17 heavy (non-hydrogen) atoms. The molecule has 0 aliphatic carbocycles. The maximum atomic E-state index is 10.7. The normalized spacial score (nSPS) is 14.6. The molecular weight excluding hydrogens is 282 g/mol. The van der Waals surface area contributed by atoms with Crippen molar-refractivity contribution >= 4 is 21.6 Å². The molecule has 0 amide bonds. The predicted molar refractivity (Wildman–Crippen MR) is 73.5 cm³/mol. The van der Waals surface area contributed by atoms with Gasteiger partial charge in [0.15, 0.2) is 0 Å². The summed E-state index contributed by atoms with van der Waals surface area (Å²) in [6.07, 6.45) is 0.867. The van der Waals surface area contributed by atoms with Crippen LogP contribution in [0.25, 0.3) is 0 Å². The number of nitro benzene ring substituents is 1. The molecule has 0 aliphatic rings. The molecule has 0 saturated carbocycles. The number of rotatable bonds is 5. The summed E-state index contributed by atoms with van der Waals surface area (Å²) < 4.78 is 0. The fraction of sp³-hybridized carbons (Fsp3) is 0.538. The fourth-order valence-corrected chi connectivity index (χ4v) is 2.80. The molecule has 94 valence electrons. The van der Waals surface area contributed by atoms with Gasteiger partial charge in [-0.2, -0.15) is 0 Å². The van der Waals surface area contributed by atoms with Crippen LogP contribution in [0.1, 0.15) is 26.3 Å². The van der Waals surface area contributed by atoms with Crippen molar-refractivity contribution in [3.63, 3.8) is 0 Å². The van der Waals surface area contributed by atoms with Crippen molar-refractivity contribution in [1.82, 2.24) is 0 Å². The van der Waals surface area contributed by atoms with Crippen LogP contribution in [0.4, 0.5) is 5.69 Å². The Kier molecular flexibility index (Phi) is 5.12. The maximum Gasteiger partial charge on any atom is 0.269 e. The molecule has 1 aromatic carbocycles. The Hall–Kier alpha value is -0.900. The molecule has 0 spiro atoms. The zero-order chi connectivity index (χ0) is 13.0. The molecule has 1 aromatic rings. The average Bonchev–Trinajstić information content (AvgIpc) is 2.25. The molecule has 0 fully saturated rings. The summed E-state index contributed by atoms with van der Waals surface area (Å²) in [4.78, 5) is 10.8. The first kappa shape index (κ1) is 14.2. The minimum atomic E-state index is -0.342. The molecule has 0 bridgehead atoms. The van der Waals surface area contributed by atoms with Crippen molar-refractivity contribution in [2.45, 2.75) is 32.0 Å². The quantitative estimate of drug-likeness (QED) is 0.465. The lowest BCUT2D eigenvalue weighted by atomic mass is 9.87. The van der Waals surface area contributed by atoms with Crippen LogP contribution in [0.3, 0.4) is 0 Å². The summed E-state index contributed by atoms with van der Waals surface area (Å²) in [5, 5.41) is 10.7. The number of nitro groups is 1. The van der Waals surface area contributed by atoms with Gasteiger partial charge in [-0.1, -0.05) is 48.8 Å². The zero-order valence-corrected chi connectivity index (χ0v) is 12.0. The summed E-state index contributed by atoms with van der Waals surface area (Å²) in [7, 11) is 0. The van der Waals surface area contributed by atoms with E-state index in [1.165, 1.54) is 6.07 Å². The summed E-state index contributed by atoms with van der Waals surface area (Å²) in [6, 6.07) is 6.91. The first-order chi connectivity index (χ1) is 7.91. The lowest BCUT2D eigenvalue weighted by Gasteiger charge is -2.23. The lowest BCUT2D eigenvalue weighted by Crippen LogP contribution is -2.20. The minimum absolute atomic E-state index is 0.173. The Morgan fingerprint density at radius 3 is 2.47 bits per heavy atom. The van der Waals surface area contributed by atoms with E-state index >= 15 is 0 Å². The van der Waals surface area contributed by atoms with E-state index in [0.29, 0.717) is 16.7 Å². The van der Waals surface area contributed by atoms with Crippen LogP contribution in [0.2, 0.25) is 0 Å². The SMILES string of the molecule is CC(C)C(Cc1cccc([N+](=O)[O-])c1)C(C)Br. The molecule has 0 heterocycles. The molecule has 2 unspecified atom stereocenters. The fourth-order valence-electron chi connectivity index (χ4n) is 2.00. The Morgan fingerprint density at radius 1 is 1.35 bits per heavy atom. The van der Waals surface area contributed by atoms with Gasteiger partial charge in [0.25, 0.3) is 5.69 Å². The zero-order valence-electron chi connectivity index (χ0n) is 10.4. The van der Waals surface area contributed by atoms with Crippen LogP contribution < -0.4 is 0 Å². The van der Waals surface area contributed by atoms with E-state index in [-0.39, 0.29) is 10.6 Å². The molecule has 4 heteroatoms. The topological polar surface area (TPSA) is 43.1 Å². The predicted octanol–water partition coefficient (Wildman–Crippen LogP) is 4.19. The second kappa shape index (κ2) is 6.15. The van der Waals surface area contributed by atoms with E-state index < -0.39 is 0 Å². The van der Waals surface area contributed by atoms with Crippen LogP contribution in [0.5, 0.6) is 0 Å². The molecule has 0 aromatic heterocycles. The molecule has 2 atom stereocenters. The van der Waals surface area contributed by atoms with Gasteiger partial charge in [-0.05, 0) is 23.8 Å². The highest BCUT2D eigenvalue weighted by atomic mass is 79.9. The first-order valence-electron chi connectivity index (χ1n) is 5.79. The minimum Gasteiger partial charge on any atom is -0.258 e. The third-order valence-corrected chi connectivity index (χ3v) is 3.72. The first-order valence-corrected chi connectivity index (χ1v) is 6.70. The molecule has 0 N–H and O–H groups in total. The van der Waals surface area contributed by atoms with E-state index in [9.17, 15) is 10.1 Å². The van der Waals surface area contributed by atoms with E-state index in [0.717, 1.165) is 12.0 Å². The Balaban J connectivity index is 2.86. The third kappa shape index (κ3) is 4.11. The van der Waals surface area contributed by atoms with Crippen molar-refractivity contribution in [2.24, 2.45) is 11.8 Å². The summed E-state index contributed by atoms with van der Waals surface area (Å²) in [6.45, 7) is 6.49. The van der Waals surface area contributed by atoms with Gasteiger partial charge < -0.3 is 0 Å². The van der Waals surface area contributed by atoms with Gasteiger partial charge in [0.05, 0.1) is 4.92 Å². The Morgan fingerprint density at radius 2 is 2.00 bits per heavy atom. The van der Waals surface area contributed by atoms with Gasteiger partial charge in [0, 0.05) is 17.0 Å². The van der Waals surface area contributed by atoms with Gasteiger partial charge in [0.1, 0.15) is 0 Å². The van der Waals surface area contributed by atoms with Gasteiger partial charge in [-0.15, -0.1) is 0 Å². The van der Waals surface area contributed by atoms with Crippen molar-refractivity contribution in [3.05, 3.63) is 39.9 Å². The van der Waals surface area contributed by atoms with Crippen LogP contribution >= 0.6 is 15.9 Å². The van der Waals surface area contributed by atoms with Gasteiger partial charge in [0.2, 0.25) is 0 Å². The van der Waals surface area contributed by atoms with E-state index in [1.54, 1.807) is 12.1 Å². The Labute approximate surface area is 111 Å². The highest BCUT2D eigenvalue weighted by molar-refractivity contribution is 9.09. The van der Waals surface area contributed by atoms with Crippen LogP contribution in [0, 0.1) is 22.0 Å². The van der Waals surface area contributed by atoms with Gasteiger partial charge in [-0.25, -0.2) is 0 Å². The number of nitrogens with zero attached hydrogens (tertiary/aromatic N) is 1. The van der Waals surface area contributed by atoms with Crippen molar-refractivity contribution in [2.75, 3.05) is 0 Å². The largest absolute Gasteiger partial charge is 0.269 e. The number of benzene rings is 1. The summed E-state index contributed by atoms with van der Waals surface area (Å²) in [5.74, 6) is 1.03. The molecule has 3 nitrogen and oxygen atoms in total. The number of hydrogen-bond acceptors (Lipinski definition) is 2. The molecule has 0 radical (unpaired) electrons.